The Hall–Kier alpha value is -3.00. The summed E-state index contributed by atoms with van der Waals surface area (Å²) in [4.78, 5) is 29.7. The van der Waals surface area contributed by atoms with Crippen molar-refractivity contribution < 1.29 is 14.3 Å². The number of amidine groups is 1. The van der Waals surface area contributed by atoms with Crippen LogP contribution >= 0.6 is 35.0 Å². The summed E-state index contributed by atoms with van der Waals surface area (Å²) in [6.07, 6.45) is 1.83. The Kier molecular flexibility index (Phi) is 6.89. The number of halogens is 2. The molecule has 1 aliphatic heterocycles. The van der Waals surface area contributed by atoms with Gasteiger partial charge in [0.2, 0.25) is 0 Å². The molecule has 6 nitrogen and oxygen atoms in total. The van der Waals surface area contributed by atoms with E-state index < -0.39 is 0 Å². The van der Waals surface area contributed by atoms with Gasteiger partial charge < -0.3 is 14.6 Å². The lowest BCUT2D eigenvalue weighted by molar-refractivity contribution is -0.115. The van der Waals surface area contributed by atoms with Crippen LogP contribution in [0.15, 0.2) is 52.4 Å². The number of aryl methyl sites for hydroxylation is 1. The summed E-state index contributed by atoms with van der Waals surface area (Å²) in [6, 6.07) is 12.7. The third-order valence-corrected chi connectivity index (χ3v) is 7.23. The first-order valence-electron chi connectivity index (χ1n) is 10.3. The van der Waals surface area contributed by atoms with Crippen molar-refractivity contribution >= 4 is 63.8 Å². The Bertz CT molecular complexity index is 1390. The van der Waals surface area contributed by atoms with E-state index in [-0.39, 0.29) is 11.9 Å². The van der Waals surface area contributed by atoms with Crippen LogP contribution in [-0.2, 0) is 9.53 Å². The minimum atomic E-state index is -0.380. The van der Waals surface area contributed by atoms with Gasteiger partial charge >= 0.3 is 5.97 Å². The number of carbonyl (C=O) groups is 2. The van der Waals surface area contributed by atoms with Gasteiger partial charge in [-0.15, -0.1) is 0 Å². The third-order valence-electron chi connectivity index (χ3n) is 5.51. The van der Waals surface area contributed by atoms with Crippen LogP contribution in [0.25, 0.3) is 11.8 Å². The SMILES string of the molecule is COC(=O)c1cccc(-n2c(C)cc(/C=C3\SC(=Nc4cccc(Cl)c4Cl)NC3=O)c2C)c1C. The topological polar surface area (TPSA) is 72.7 Å². The van der Waals surface area contributed by atoms with Gasteiger partial charge in [0.25, 0.3) is 5.91 Å². The molecule has 2 heterocycles. The number of carbonyl (C=O) groups excluding carboxylic acids is 2. The molecule has 0 aliphatic carbocycles. The fraction of sp³-hybridized carbons (Fsp3) is 0.160. The van der Waals surface area contributed by atoms with Crippen LogP contribution in [0, 0.1) is 20.8 Å². The zero-order valence-corrected chi connectivity index (χ0v) is 21.2. The monoisotopic (exact) mass is 513 g/mol. The van der Waals surface area contributed by atoms with Gasteiger partial charge in [0, 0.05) is 17.1 Å². The van der Waals surface area contributed by atoms with Crippen molar-refractivity contribution in [3.05, 3.63) is 85.5 Å². The Balaban J connectivity index is 1.69. The number of rotatable bonds is 4. The molecule has 1 fully saturated rings. The highest BCUT2D eigenvalue weighted by atomic mass is 35.5. The summed E-state index contributed by atoms with van der Waals surface area (Å²) in [5, 5.41) is 3.93. The number of esters is 1. The van der Waals surface area contributed by atoms with Gasteiger partial charge in [-0.1, -0.05) is 35.3 Å². The van der Waals surface area contributed by atoms with Crippen LogP contribution in [0.1, 0.15) is 32.9 Å². The fourth-order valence-corrected chi connectivity index (χ4v) is 4.97. The number of hydrogen-bond donors (Lipinski definition) is 1. The molecule has 4 rings (SSSR count). The first-order chi connectivity index (χ1) is 16.2. The average Bonchev–Trinajstić information content (AvgIpc) is 3.29. The average molecular weight is 514 g/mol. The van der Waals surface area contributed by atoms with Crippen molar-refractivity contribution in [2.45, 2.75) is 20.8 Å². The number of amides is 1. The van der Waals surface area contributed by atoms with E-state index >= 15 is 0 Å². The molecular weight excluding hydrogens is 493 g/mol. The van der Waals surface area contributed by atoms with E-state index in [1.54, 1.807) is 24.3 Å². The largest absolute Gasteiger partial charge is 0.465 e. The van der Waals surface area contributed by atoms with Crippen molar-refractivity contribution in [1.82, 2.24) is 9.88 Å². The molecule has 3 aromatic rings. The lowest BCUT2D eigenvalue weighted by Crippen LogP contribution is -2.19. The first kappa shape index (κ1) is 24.1. The van der Waals surface area contributed by atoms with Gasteiger partial charge in [0.15, 0.2) is 5.17 Å². The maximum absolute atomic E-state index is 12.6. The lowest BCUT2D eigenvalue weighted by atomic mass is 10.1. The number of ether oxygens (including phenoxy) is 1. The number of aromatic nitrogens is 1. The Labute approximate surface area is 211 Å². The van der Waals surface area contributed by atoms with Crippen molar-refractivity contribution in [2.24, 2.45) is 4.99 Å². The second-order valence-corrected chi connectivity index (χ2v) is 9.47. The van der Waals surface area contributed by atoms with E-state index in [9.17, 15) is 9.59 Å². The van der Waals surface area contributed by atoms with Gasteiger partial charge in [-0.25, -0.2) is 9.79 Å². The second kappa shape index (κ2) is 9.70. The Morgan fingerprint density at radius 3 is 2.62 bits per heavy atom. The van der Waals surface area contributed by atoms with Crippen LogP contribution in [0.5, 0.6) is 0 Å². The number of aliphatic imine (C=N–C) groups is 1. The predicted molar refractivity (Wildman–Crippen MR) is 139 cm³/mol. The van der Waals surface area contributed by atoms with Gasteiger partial charge in [-0.3, -0.25) is 4.79 Å². The van der Waals surface area contributed by atoms with Crippen molar-refractivity contribution in [1.29, 1.82) is 0 Å². The van der Waals surface area contributed by atoms with Gasteiger partial charge in [-0.05, 0) is 80.1 Å². The molecule has 1 amide bonds. The number of nitrogens with zero attached hydrogens (tertiary/aromatic N) is 2. The van der Waals surface area contributed by atoms with Crippen molar-refractivity contribution in [3.8, 4) is 5.69 Å². The summed E-state index contributed by atoms with van der Waals surface area (Å²) in [7, 11) is 1.37. The highest BCUT2D eigenvalue weighted by molar-refractivity contribution is 8.18. The van der Waals surface area contributed by atoms with E-state index in [0.717, 1.165) is 28.2 Å². The van der Waals surface area contributed by atoms with E-state index in [1.165, 1.54) is 18.9 Å². The molecule has 174 valence electrons. The van der Waals surface area contributed by atoms with Crippen LogP contribution in [-0.4, -0.2) is 28.7 Å². The highest BCUT2D eigenvalue weighted by Gasteiger charge is 2.25. The quantitative estimate of drug-likeness (QED) is 0.324. The zero-order valence-electron chi connectivity index (χ0n) is 18.9. The molecule has 1 saturated heterocycles. The van der Waals surface area contributed by atoms with E-state index in [2.05, 4.69) is 14.9 Å². The lowest BCUT2D eigenvalue weighted by Gasteiger charge is -2.15. The van der Waals surface area contributed by atoms with E-state index in [0.29, 0.717) is 31.4 Å². The molecule has 1 aliphatic rings. The predicted octanol–water partition coefficient (Wildman–Crippen LogP) is 6.39. The summed E-state index contributed by atoms with van der Waals surface area (Å²) in [5.74, 6) is -0.620. The number of methoxy groups -OCH3 is 1. The molecule has 1 aromatic heterocycles. The molecule has 0 atom stereocenters. The van der Waals surface area contributed by atoms with Gasteiger partial charge in [-0.2, -0.15) is 0 Å². The number of thioether (sulfide) groups is 1. The fourth-order valence-electron chi connectivity index (χ4n) is 3.81. The molecular formula is C25H21Cl2N3O3S. The minimum Gasteiger partial charge on any atom is -0.465 e. The van der Waals surface area contributed by atoms with E-state index in [1.807, 2.05) is 45.0 Å². The number of hydrogen-bond acceptors (Lipinski definition) is 5. The molecule has 1 N–H and O–H groups in total. The summed E-state index contributed by atoms with van der Waals surface area (Å²) in [5.41, 5.74) is 5.49. The summed E-state index contributed by atoms with van der Waals surface area (Å²) < 4.78 is 6.97. The molecule has 0 unspecified atom stereocenters. The summed E-state index contributed by atoms with van der Waals surface area (Å²) in [6.45, 7) is 5.85. The molecule has 0 spiro atoms. The smallest absolute Gasteiger partial charge is 0.338 e. The number of benzene rings is 2. The van der Waals surface area contributed by atoms with Crippen LogP contribution < -0.4 is 5.32 Å². The molecule has 0 radical (unpaired) electrons. The van der Waals surface area contributed by atoms with Crippen LogP contribution in [0.3, 0.4) is 0 Å². The van der Waals surface area contributed by atoms with Crippen LogP contribution in [0.4, 0.5) is 5.69 Å². The normalized spacial score (nSPS) is 15.8. The highest BCUT2D eigenvalue weighted by Crippen LogP contribution is 2.35. The molecule has 9 heteroatoms. The third kappa shape index (κ3) is 4.51. The maximum Gasteiger partial charge on any atom is 0.338 e. The van der Waals surface area contributed by atoms with Crippen molar-refractivity contribution in [2.75, 3.05) is 7.11 Å². The van der Waals surface area contributed by atoms with Gasteiger partial charge in [0.1, 0.15) is 0 Å². The van der Waals surface area contributed by atoms with Crippen LogP contribution in [0.2, 0.25) is 10.0 Å². The van der Waals surface area contributed by atoms with E-state index in [4.69, 9.17) is 27.9 Å². The minimum absolute atomic E-state index is 0.240. The van der Waals surface area contributed by atoms with Gasteiger partial charge in [0.05, 0.1) is 33.3 Å². The van der Waals surface area contributed by atoms with Crippen molar-refractivity contribution in [3.63, 3.8) is 0 Å². The molecule has 34 heavy (non-hydrogen) atoms. The number of nitrogens with one attached hydrogen (secondary N) is 1. The summed E-state index contributed by atoms with van der Waals surface area (Å²) >= 11 is 13.5. The molecule has 0 saturated carbocycles. The first-order valence-corrected chi connectivity index (χ1v) is 11.9. The standard InChI is InChI=1S/C25H21Cl2N3O3S/c1-13-11-16(15(3)30(13)20-10-5-7-17(14(20)2)24(32)33-4)12-21-23(31)29-25(34-21)28-19-9-6-8-18(26)22(19)27/h5-12H,1-4H3,(H,28,29,31)/b21-12-. The Morgan fingerprint density at radius 2 is 1.88 bits per heavy atom. The molecule has 2 aromatic carbocycles. The zero-order chi connectivity index (χ0) is 24.6. The second-order valence-electron chi connectivity index (χ2n) is 7.66. The molecule has 0 bridgehead atoms. The maximum atomic E-state index is 12.6. The Morgan fingerprint density at radius 1 is 1.15 bits per heavy atom.